The lowest BCUT2D eigenvalue weighted by Gasteiger charge is -2.05. The number of rotatable bonds is 7. The van der Waals surface area contributed by atoms with Gasteiger partial charge in [0.2, 0.25) is 0 Å². The van der Waals surface area contributed by atoms with Crippen LogP contribution in [0.3, 0.4) is 0 Å². The van der Waals surface area contributed by atoms with Gasteiger partial charge in [0.1, 0.15) is 5.75 Å². The molecule has 0 amide bonds. The molecule has 0 fully saturated rings. The Hall–Kier alpha value is -1.06. The lowest BCUT2D eigenvalue weighted by molar-refractivity contribution is 0.122. The summed E-state index contributed by atoms with van der Waals surface area (Å²) in [5.74, 6) is 0.292. The Kier molecular flexibility index (Phi) is 5.81. The summed E-state index contributed by atoms with van der Waals surface area (Å²) in [5.41, 5.74) is 1.01. The topological polar surface area (TPSA) is 41.5 Å². The van der Waals surface area contributed by atoms with Crippen LogP contribution >= 0.6 is 0 Å². The molecule has 1 rings (SSSR count). The van der Waals surface area contributed by atoms with E-state index in [9.17, 15) is 5.11 Å². The van der Waals surface area contributed by atoms with Gasteiger partial charge < -0.3 is 15.2 Å². The van der Waals surface area contributed by atoms with Gasteiger partial charge in [-0.3, -0.25) is 0 Å². The highest BCUT2D eigenvalue weighted by atomic mass is 16.5. The van der Waals surface area contributed by atoms with E-state index in [1.807, 2.05) is 12.1 Å². The molecule has 1 aromatic carbocycles. The molecule has 0 saturated carbocycles. The first kappa shape index (κ1) is 12.0. The number of phenolic OH excluding ortho intramolecular Hbond substituents is 1. The highest BCUT2D eigenvalue weighted by Gasteiger charge is 1.94. The first-order valence-electron chi connectivity index (χ1n) is 5.39. The van der Waals surface area contributed by atoms with Crippen LogP contribution in [0.25, 0.3) is 0 Å². The molecule has 0 bridgehead atoms. The minimum atomic E-state index is 0.292. The second-order valence-corrected chi connectivity index (χ2v) is 3.47. The average Bonchev–Trinajstić information content (AvgIpc) is 2.23. The number of ether oxygens (including phenoxy) is 1. The van der Waals surface area contributed by atoms with Crippen molar-refractivity contribution in [2.24, 2.45) is 0 Å². The fourth-order valence-electron chi connectivity index (χ4n) is 1.28. The molecule has 0 radical (unpaired) electrons. The van der Waals surface area contributed by atoms with E-state index in [2.05, 4.69) is 12.2 Å². The molecule has 0 aliphatic heterocycles. The van der Waals surface area contributed by atoms with Crippen LogP contribution in [-0.4, -0.2) is 24.8 Å². The minimum Gasteiger partial charge on any atom is -0.508 e. The van der Waals surface area contributed by atoms with Crippen LogP contribution in [-0.2, 0) is 11.3 Å². The quantitative estimate of drug-likeness (QED) is 0.674. The first-order chi connectivity index (χ1) is 7.33. The Labute approximate surface area is 91.1 Å². The van der Waals surface area contributed by atoms with Crippen LogP contribution in [0.5, 0.6) is 5.75 Å². The molecule has 0 aliphatic carbocycles. The van der Waals surface area contributed by atoms with E-state index in [1.54, 1.807) is 12.1 Å². The summed E-state index contributed by atoms with van der Waals surface area (Å²) >= 11 is 0. The normalized spacial score (nSPS) is 10.5. The molecule has 2 N–H and O–H groups in total. The number of benzene rings is 1. The predicted octanol–water partition coefficient (Wildman–Crippen LogP) is 1.91. The summed E-state index contributed by atoms with van der Waals surface area (Å²) in [4.78, 5) is 0. The molecular weight excluding hydrogens is 190 g/mol. The van der Waals surface area contributed by atoms with Gasteiger partial charge in [0, 0.05) is 6.54 Å². The molecule has 0 aliphatic rings. The number of aromatic hydroxyl groups is 1. The van der Waals surface area contributed by atoms with Crippen LogP contribution < -0.4 is 5.32 Å². The Morgan fingerprint density at radius 1 is 1.33 bits per heavy atom. The number of hydrogen-bond acceptors (Lipinski definition) is 3. The van der Waals surface area contributed by atoms with Gasteiger partial charge >= 0.3 is 0 Å². The van der Waals surface area contributed by atoms with Crippen LogP contribution in [0.1, 0.15) is 18.9 Å². The summed E-state index contributed by atoms with van der Waals surface area (Å²) in [6.45, 7) is 5.32. The zero-order valence-electron chi connectivity index (χ0n) is 9.20. The Balaban J connectivity index is 2.10. The molecule has 1 aromatic rings. The zero-order valence-corrected chi connectivity index (χ0v) is 9.20. The van der Waals surface area contributed by atoms with E-state index >= 15 is 0 Å². The lowest BCUT2D eigenvalue weighted by atomic mass is 10.2. The second kappa shape index (κ2) is 7.26. The predicted molar refractivity (Wildman–Crippen MR) is 60.9 cm³/mol. The third kappa shape index (κ3) is 5.40. The summed E-state index contributed by atoms with van der Waals surface area (Å²) in [5, 5.41) is 12.5. The maximum absolute atomic E-state index is 9.22. The van der Waals surface area contributed by atoms with Gasteiger partial charge in [-0.05, 0) is 30.7 Å². The average molecular weight is 209 g/mol. The fourth-order valence-corrected chi connectivity index (χ4v) is 1.28. The van der Waals surface area contributed by atoms with Crippen molar-refractivity contribution in [2.45, 2.75) is 20.0 Å². The molecular formula is C12H19NO2. The van der Waals surface area contributed by atoms with Crippen LogP contribution in [0, 0.1) is 0 Å². The van der Waals surface area contributed by atoms with Gasteiger partial charge in [-0.15, -0.1) is 0 Å². The van der Waals surface area contributed by atoms with Gasteiger partial charge in [0.05, 0.1) is 13.2 Å². The third-order valence-electron chi connectivity index (χ3n) is 2.03. The molecule has 3 nitrogen and oxygen atoms in total. The van der Waals surface area contributed by atoms with E-state index in [4.69, 9.17) is 4.74 Å². The highest BCUT2D eigenvalue weighted by molar-refractivity contribution is 5.26. The molecule has 0 spiro atoms. The smallest absolute Gasteiger partial charge is 0.115 e. The highest BCUT2D eigenvalue weighted by Crippen LogP contribution is 2.11. The minimum absolute atomic E-state index is 0.292. The van der Waals surface area contributed by atoms with Crippen molar-refractivity contribution in [3.8, 4) is 5.75 Å². The molecule has 0 aromatic heterocycles. The molecule has 3 heteroatoms. The van der Waals surface area contributed by atoms with Crippen LogP contribution in [0.2, 0.25) is 0 Å². The van der Waals surface area contributed by atoms with E-state index < -0.39 is 0 Å². The Morgan fingerprint density at radius 3 is 2.93 bits per heavy atom. The molecule has 0 unspecified atom stereocenters. The van der Waals surface area contributed by atoms with E-state index in [1.165, 1.54) is 0 Å². The van der Waals surface area contributed by atoms with Crippen molar-refractivity contribution in [1.29, 1.82) is 0 Å². The van der Waals surface area contributed by atoms with Crippen molar-refractivity contribution in [3.05, 3.63) is 29.8 Å². The summed E-state index contributed by atoms with van der Waals surface area (Å²) in [7, 11) is 0. The van der Waals surface area contributed by atoms with Crippen molar-refractivity contribution in [1.82, 2.24) is 5.32 Å². The Morgan fingerprint density at radius 2 is 2.20 bits per heavy atom. The van der Waals surface area contributed by atoms with Crippen molar-refractivity contribution < 1.29 is 9.84 Å². The van der Waals surface area contributed by atoms with Gasteiger partial charge in [-0.2, -0.15) is 0 Å². The van der Waals surface area contributed by atoms with Gasteiger partial charge in [-0.25, -0.2) is 0 Å². The maximum Gasteiger partial charge on any atom is 0.115 e. The molecule has 0 heterocycles. The van der Waals surface area contributed by atoms with Crippen LogP contribution in [0.4, 0.5) is 0 Å². The summed E-state index contributed by atoms with van der Waals surface area (Å²) in [6.07, 6.45) is 1.15. The van der Waals surface area contributed by atoms with E-state index in [0.717, 1.165) is 25.1 Å². The van der Waals surface area contributed by atoms with Crippen molar-refractivity contribution >= 4 is 0 Å². The number of nitrogens with one attached hydrogen (secondary N) is 1. The molecule has 0 atom stereocenters. The largest absolute Gasteiger partial charge is 0.508 e. The first-order valence-corrected chi connectivity index (χ1v) is 5.39. The number of phenols is 1. The maximum atomic E-state index is 9.22. The van der Waals surface area contributed by atoms with Gasteiger partial charge in [0.25, 0.3) is 0 Å². The van der Waals surface area contributed by atoms with Gasteiger partial charge in [-0.1, -0.05) is 19.1 Å². The number of hydrogen-bond donors (Lipinski definition) is 2. The SMILES string of the molecule is CCCNCCOCc1cccc(O)c1. The third-order valence-corrected chi connectivity index (χ3v) is 2.03. The van der Waals surface area contributed by atoms with Crippen LogP contribution in [0.15, 0.2) is 24.3 Å². The standard InChI is InChI=1S/C12H19NO2/c1-2-6-13-7-8-15-10-11-4-3-5-12(14)9-11/h3-5,9,13-14H,2,6-8,10H2,1H3. The molecule has 15 heavy (non-hydrogen) atoms. The second-order valence-electron chi connectivity index (χ2n) is 3.47. The summed E-state index contributed by atoms with van der Waals surface area (Å²) in [6, 6.07) is 7.15. The monoisotopic (exact) mass is 209 g/mol. The molecule has 0 saturated heterocycles. The van der Waals surface area contributed by atoms with Crippen molar-refractivity contribution in [3.63, 3.8) is 0 Å². The summed E-state index contributed by atoms with van der Waals surface area (Å²) < 4.78 is 5.45. The lowest BCUT2D eigenvalue weighted by Crippen LogP contribution is -2.20. The fraction of sp³-hybridized carbons (Fsp3) is 0.500. The van der Waals surface area contributed by atoms with E-state index in [-0.39, 0.29) is 0 Å². The Bertz CT molecular complexity index is 276. The van der Waals surface area contributed by atoms with Crippen molar-refractivity contribution in [2.75, 3.05) is 19.7 Å². The molecule has 84 valence electrons. The van der Waals surface area contributed by atoms with Gasteiger partial charge in [0.15, 0.2) is 0 Å². The zero-order chi connectivity index (χ0) is 10.9. The van der Waals surface area contributed by atoms with E-state index in [0.29, 0.717) is 19.0 Å².